The molecule has 2 aromatic carbocycles. The molecule has 4 rings (SSSR count). The lowest BCUT2D eigenvalue weighted by atomic mass is 9.96. The van der Waals surface area contributed by atoms with Crippen LogP contribution < -0.4 is 10.5 Å². The molecule has 0 N–H and O–H groups in total. The summed E-state index contributed by atoms with van der Waals surface area (Å²) in [6.07, 6.45) is 0. The Labute approximate surface area is 156 Å². The number of pyridine rings is 1. The number of nitriles is 1. The fourth-order valence-corrected chi connectivity index (χ4v) is 4.45. The summed E-state index contributed by atoms with van der Waals surface area (Å²) in [7, 11) is 1.67. The van der Waals surface area contributed by atoms with Crippen LogP contribution in [-0.2, 0) is 7.05 Å². The van der Waals surface area contributed by atoms with Crippen molar-refractivity contribution in [3.8, 4) is 17.2 Å². The molecule has 4 nitrogen and oxygen atoms in total. The third-order valence-electron chi connectivity index (χ3n) is 4.92. The van der Waals surface area contributed by atoms with Crippen LogP contribution in [0.25, 0.3) is 21.9 Å². The second-order valence-corrected chi connectivity index (χ2v) is 7.62. The molecule has 0 spiro atoms. The Morgan fingerprint density at radius 1 is 1.04 bits per heavy atom. The predicted octanol–water partition coefficient (Wildman–Crippen LogP) is 3.63. The van der Waals surface area contributed by atoms with Crippen molar-refractivity contribution in [3.63, 3.8) is 0 Å². The minimum absolute atomic E-state index is 0.128. The van der Waals surface area contributed by atoms with Crippen LogP contribution in [0.3, 0.4) is 0 Å². The van der Waals surface area contributed by atoms with E-state index in [2.05, 4.69) is 17.0 Å². The zero-order valence-electron chi connectivity index (χ0n) is 14.6. The number of benzene rings is 2. The van der Waals surface area contributed by atoms with Crippen LogP contribution in [-0.4, -0.2) is 29.2 Å². The Balaban J connectivity index is 2.03. The van der Waals surface area contributed by atoms with Gasteiger partial charge in [-0.25, -0.2) is 0 Å². The number of anilines is 1. The van der Waals surface area contributed by atoms with E-state index < -0.39 is 0 Å². The Kier molecular flexibility index (Phi) is 4.44. The molecule has 0 unspecified atom stereocenters. The fraction of sp³-hybridized carbons (Fsp3) is 0.238. The van der Waals surface area contributed by atoms with E-state index in [1.54, 1.807) is 7.05 Å². The van der Waals surface area contributed by atoms with Crippen molar-refractivity contribution in [2.45, 2.75) is 0 Å². The summed E-state index contributed by atoms with van der Waals surface area (Å²) < 4.78 is 1.46. The van der Waals surface area contributed by atoms with Crippen LogP contribution in [0.2, 0.25) is 0 Å². The van der Waals surface area contributed by atoms with E-state index in [0.29, 0.717) is 11.1 Å². The van der Waals surface area contributed by atoms with Gasteiger partial charge in [-0.15, -0.1) is 0 Å². The van der Waals surface area contributed by atoms with E-state index in [-0.39, 0.29) is 5.56 Å². The lowest BCUT2D eigenvalue weighted by molar-refractivity contribution is 0.853. The molecule has 26 heavy (non-hydrogen) atoms. The number of nitrogens with zero attached hydrogens (tertiary/aromatic N) is 3. The van der Waals surface area contributed by atoms with Gasteiger partial charge >= 0.3 is 0 Å². The molecule has 1 saturated heterocycles. The second-order valence-electron chi connectivity index (χ2n) is 6.39. The first-order valence-electron chi connectivity index (χ1n) is 8.65. The van der Waals surface area contributed by atoms with Crippen LogP contribution in [0.1, 0.15) is 5.69 Å². The summed E-state index contributed by atoms with van der Waals surface area (Å²) in [5, 5.41) is 11.2. The molecule has 1 fully saturated rings. The molecule has 0 saturated carbocycles. The highest BCUT2D eigenvalue weighted by Gasteiger charge is 2.18. The van der Waals surface area contributed by atoms with E-state index in [1.165, 1.54) is 4.57 Å². The monoisotopic (exact) mass is 361 g/mol. The van der Waals surface area contributed by atoms with Gasteiger partial charge in [0.05, 0.1) is 0 Å². The zero-order chi connectivity index (χ0) is 18.1. The zero-order valence-corrected chi connectivity index (χ0v) is 15.4. The Hall–Kier alpha value is -2.71. The van der Waals surface area contributed by atoms with E-state index in [4.69, 9.17) is 0 Å². The van der Waals surface area contributed by atoms with Crippen LogP contribution in [0.4, 0.5) is 5.69 Å². The van der Waals surface area contributed by atoms with E-state index in [9.17, 15) is 10.1 Å². The minimum atomic E-state index is -0.128. The quantitative estimate of drug-likeness (QED) is 0.699. The number of rotatable bonds is 2. The van der Waals surface area contributed by atoms with Gasteiger partial charge in [-0.2, -0.15) is 17.0 Å². The molecule has 1 aliphatic heterocycles. The highest BCUT2D eigenvalue weighted by molar-refractivity contribution is 7.99. The van der Waals surface area contributed by atoms with Gasteiger partial charge in [0.1, 0.15) is 11.8 Å². The van der Waals surface area contributed by atoms with Gasteiger partial charge in [0.2, 0.25) is 0 Å². The molecule has 1 aromatic heterocycles. The Morgan fingerprint density at radius 2 is 1.77 bits per heavy atom. The van der Waals surface area contributed by atoms with Crippen molar-refractivity contribution in [1.82, 2.24) is 4.57 Å². The molecular formula is C21H19N3OS. The van der Waals surface area contributed by atoms with Crippen LogP contribution in [0.15, 0.2) is 53.3 Å². The molecule has 0 amide bonds. The number of hydrogen-bond donors (Lipinski definition) is 0. The Morgan fingerprint density at radius 3 is 2.46 bits per heavy atom. The smallest absolute Gasteiger partial charge is 0.259 e. The standard InChI is InChI=1S/C21H19N3OS/c1-23-19(14-22)20(15-5-3-2-4-6-15)18-13-16(7-8-17(18)21(23)25)24-9-11-26-12-10-24/h2-8,13H,9-12H2,1H3. The molecule has 5 heteroatoms. The van der Waals surface area contributed by atoms with Crippen molar-refractivity contribution >= 4 is 28.2 Å². The predicted molar refractivity (Wildman–Crippen MR) is 109 cm³/mol. The summed E-state index contributed by atoms with van der Waals surface area (Å²) in [4.78, 5) is 15.1. The first-order chi connectivity index (χ1) is 12.7. The molecule has 0 atom stereocenters. The largest absolute Gasteiger partial charge is 0.370 e. The lowest BCUT2D eigenvalue weighted by Crippen LogP contribution is -2.32. The third-order valence-corrected chi connectivity index (χ3v) is 5.87. The molecule has 3 aromatic rings. The maximum Gasteiger partial charge on any atom is 0.259 e. The van der Waals surface area contributed by atoms with Crippen molar-refractivity contribution in [1.29, 1.82) is 5.26 Å². The third kappa shape index (κ3) is 2.77. The minimum Gasteiger partial charge on any atom is -0.370 e. The number of aromatic nitrogens is 1. The number of fused-ring (bicyclic) bond motifs is 1. The summed E-state index contributed by atoms with van der Waals surface area (Å²) >= 11 is 1.97. The van der Waals surface area contributed by atoms with Crippen molar-refractivity contribution in [2.75, 3.05) is 29.5 Å². The van der Waals surface area contributed by atoms with Gasteiger partial charge in [0.25, 0.3) is 5.56 Å². The van der Waals surface area contributed by atoms with Gasteiger partial charge in [-0.3, -0.25) is 4.79 Å². The molecular weight excluding hydrogens is 342 g/mol. The first-order valence-corrected chi connectivity index (χ1v) is 9.81. The van der Waals surface area contributed by atoms with Crippen LogP contribution in [0.5, 0.6) is 0 Å². The van der Waals surface area contributed by atoms with Crippen LogP contribution in [0, 0.1) is 11.3 Å². The van der Waals surface area contributed by atoms with Gasteiger partial charge < -0.3 is 9.47 Å². The average molecular weight is 361 g/mol. The summed E-state index contributed by atoms with van der Waals surface area (Å²) in [5.74, 6) is 2.23. The maximum absolute atomic E-state index is 12.8. The van der Waals surface area contributed by atoms with E-state index >= 15 is 0 Å². The highest BCUT2D eigenvalue weighted by Crippen LogP contribution is 2.33. The van der Waals surface area contributed by atoms with Crippen molar-refractivity contribution in [2.24, 2.45) is 7.05 Å². The molecule has 2 heterocycles. The van der Waals surface area contributed by atoms with E-state index in [0.717, 1.165) is 46.8 Å². The van der Waals surface area contributed by atoms with E-state index in [1.807, 2.05) is 54.2 Å². The Bertz CT molecular complexity index is 1060. The SMILES string of the molecule is Cn1c(C#N)c(-c2ccccc2)c2cc(N3CCSCC3)ccc2c1=O. The van der Waals surface area contributed by atoms with Crippen molar-refractivity contribution in [3.05, 3.63) is 64.6 Å². The lowest BCUT2D eigenvalue weighted by Gasteiger charge is -2.29. The topological polar surface area (TPSA) is 49.0 Å². The van der Waals surface area contributed by atoms with Crippen LogP contribution >= 0.6 is 11.8 Å². The summed E-state index contributed by atoms with van der Waals surface area (Å²) in [5.41, 5.74) is 3.18. The molecule has 0 aliphatic carbocycles. The number of hydrogen-bond acceptors (Lipinski definition) is 4. The van der Waals surface area contributed by atoms with Gasteiger partial charge in [-0.1, -0.05) is 30.3 Å². The normalized spacial score (nSPS) is 14.4. The first kappa shape index (κ1) is 16.7. The summed E-state index contributed by atoms with van der Waals surface area (Å²) in [6.45, 7) is 2.01. The number of thioether (sulfide) groups is 1. The maximum atomic E-state index is 12.8. The fourth-order valence-electron chi connectivity index (χ4n) is 3.55. The molecule has 0 bridgehead atoms. The molecule has 130 valence electrons. The average Bonchev–Trinajstić information content (AvgIpc) is 2.71. The second kappa shape index (κ2) is 6.89. The van der Waals surface area contributed by atoms with Gasteiger partial charge in [0, 0.05) is 48.3 Å². The molecule has 1 aliphatic rings. The highest BCUT2D eigenvalue weighted by atomic mass is 32.2. The summed E-state index contributed by atoms with van der Waals surface area (Å²) in [6, 6.07) is 18.1. The van der Waals surface area contributed by atoms with Crippen molar-refractivity contribution < 1.29 is 0 Å². The molecule has 0 radical (unpaired) electrons. The van der Waals surface area contributed by atoms with Gasteiger partial charge in [0.15, 0.2) is 0 Å². The van der Waals surface area contributed by atoms with Gasteiger partial charge in [-0.05, 0) is 29.1 Å².